The fourth-order valence-electron chi connectivity index (χ4n) is 1.77. The van der Waals surface area contributed by atoms with Crippen molar-refractivity contribution >= 4 is 33.7 Å². The minimum atomic E-state index is -0.452. The summed E-state index contributed by atoms with van der Waals surface area (Å²) in [5, 5.41) is 14.7. The molecular weight excluding hydrogens is 350 g/mol. The van der Waals surface area contributed by atoms with Gasteiger partial charge < -0.3 is 0 Å². The first-order valence-corrected chi connectivity index (χ1v) is 7.11. The molecule has 0 saturated heterocycles. The van der Waals surface area contributed by atoms with Gasteiger partial charge in [0, 0.05) is 21.7 Å². The maximum absolute atomic E-state index is 11.9. The molecule has 0 saturated carbocycles. The maximum Gasteiger partial charge on any atom is 0.272 e. The lowest BCUT2D eigenvalue weighted by molar-refractivity contribution is -0.385. The van der Waals surface area contributed by atoms with Crippen LogP contribution in [0, 0.1) is 17.0 Å². The van der Waals surface area contributed by atoms with Gasteiger partial charge in [-0.25, -0.2) is 5.43 Å². The number of nitrogens with one attached hydrogen (secondary N) is 1. The molecule has 7 heteroatoms. The van der Waals surface area contributed by atoms with E-state index in [1.54, 1.807) is 43.3 Å². The van der Waals surface area contributed by atoms with Crippen LogP contribution in [0.25, 0.3) is 0 Å². The Morgan fingerprint density at radius 2 is 2.05 bits per heavy atom. The summed E-state index contributed by atoms with van der Waals surface area (Å²) in [5.74, 6) is -0.370. The molecule has 0 atom stereocenters. The maximum atomic E-state index is 11.9. The molecule has 0 radical (unpaired) electrons. The van der Waals surface area contributed by atoms with Gasteiger partial charge in [-0.05, 0) is 35.0 Å². The van der Waals surface area contributed by atoms with Gasteiger partial charge in [0.2, 0.25) is 0 Å². The summed E-state index contributed by atoms with van der Waals surface area (Å²) >= 11 is 3.28. The lowest BCUT2D eigenvalue weighted by Crippen LogP contribution is -2.18. The van der Waals surface area contributed by atoms with Crippen molar-refractivity contribution in [2.45, 2.75) is 6.92 Å². The van der Waals surface area contributed by atoms with Crippen LogP contribution < -0.4 is 5.43 Å². The summed E-state index contributed by atoms with van der Waals surface area (Å²) in [6.07, 6.45) is 1.36. The van der Waals surface area contributed by atoms with Crippen LogP contribution in [-0.4, -0.2) is 17.0 Å². The molecule has 0 aliphatic rings. The quantitative estimate of drug-likeness (QED) is 0.514. The van der Waals surface area contributed by atoms with Crippen LogP contribution in [-0.2, 0) is 0 Å². The van der Waals surface area contributed by atoms with E-state index in [-0.39, 0.29) is 11.6 Å². The van der Waals surface area contributed by atoms with Crippen molar-refractivity contribution in [2.24, 2.45) is 5.10 Å². The highest BCUT2D eigenvalue weighted by Gasteiger charge is 2.10. The highest BCUT2D eigenvalue weighted by Crippen LogP contribution is 2.18. The number of carbonyl (C=O) groups is 1. The predicted octanol–water partition coefficient (Wildman–Crippen LogP) is 3.43. The Labute approximate surface area is 135 Å². The van der Waals surface area contributed by atoms with E-state index in [4.69, 9.17) is 0 Å². The first-order valence-electron chi connectivity index (χ1n) is 6.32. The molecule has 0 aromatic heterocycles. The van der Waals surface area contributed by atoms with Gasteiger partial charge in [-0.15, -0.1) is 0 Å². The Bertz CT molecular complexity index is 759. The minimum Gasteiger partial charge on any atom is -0.267 e. The van der Waals surface area contributed by atoms with Crippen molar-refractivity contribution in [3.63, 3.8) is 0 Å². The second-order valence-electron chi connectivity index (χ2n) is 4.48. The monoisotopic (exact) mass is 361 g/mol. The van der Waals surface area contributed by atoms with Crippen molar-refractivity contribution < 1.29 is 9.72 Å². The average Bonchev–Trinajstić information content (AvgIpc) is 2.49. The number of rotatable bonds is 4. The largest absolute Gasteiger partial charge is 0.272 e. The Hall–Kier alpha value is -2.54. The molecule has 0 heterocycles. The number of hydrogen-bond donors (Lipinski definition) is 1. The highest BCUT2D eigenvalue weighted by molar-refractivity contribution is 9.10. The van der Waals surface area contributed by atoms with E-state index in [1.807, 2.05) is 0 Å². The molecule has 1 N–H and O–H groups in total. The first kappa shape index (κ1) is 15.8. The molecule has 2 aromatic carbocycles. The number of nitro groups is 1. The van der Waals surface area contributed by atoms with Gasteiger partial charge in [-0.1, -0.05) is 24.3 Å². The second kappa shape index (κ2) is 6.95. The summed E-state index contributed by atoms with van der Waals surface area (Å²) in [6, 6.07) is 11.7. The SMILES string of the molecule is Cc1ccc(/C=N\NC(=O)c2ccccc2Br)cc1[N+](=O)[O-]. The Morgan fingerprint density at radius 1 is 1.32 bits per heavy atom. The van der Waals surface area contributed by atoms with Crippen LogP contribution >= 0.6 is 15.9 Å². The van der Waals surface area contributed by atoms with Crippen LogP contribution in [0.5, 0.6) is 0 Å². The van der Waals surface area contributed by atoms with Crippen LogP contribution in [0.2, 0.25) is 0 Å². The summed E-state index contributed by atoms with van der Waals surface area (Å²) in [6.45, 7) is 1.66. The fourth-order valence-corrected chi connectivity index (χ4v) is 2.24. The smallest absolute Gasteiger partial charge is 0.267 e. The predicted molar refractivity (Wildman–Crippen MR) is 87.0 cm³/mol. The number of amides is 1. The van der Waals surface area contributed by atoms with E-state index >= 15 is 0 Å². The molecule has 0 fully saturated rings. The van der Waals surface area contributed by atoms with Gasteiger partial charge in [0.05, 0.1) is 16.7 Å². The zero-order valence-corrected chi connectivity index (χ0v) is 13.2. The van der Waals surface area contributed by atoms with E-state index in [0.29, 0.717) is 21.2 Å². The molecule has 112 valence electrons. The number of aryl methyl sites for hydroxylation is 1. The van der Waals surface area contributed by atoms with Crippen LogP contribution in [0.3, 0.4) is 0 Å². The number of hydrazone groups is 1. The van der Waals surface area contributed by atoms with E-state index in [9.17, 15) is 14.9 Å². The van der Waals surface area contributed by atoms with Crippen LogP contribution in [0.4, 0.5) is 5.69 Å². The average molecular weight is 362 g/mol. The fraction of sp³-hybridized carbons (Fsp3) is 0.0667. The Kier molecular flexibility index (Phi) is 5.00. The molecular formula is C15H12BrN3O3. The van der Waals surface area contributed by atoms with Gasteiger partial charge >= 0.3 is 0 Å². The molecule has 22 heavy (non-hydrogen) atoms. The number of carbonyl (C=O) groups excluding carboxylic acids is 1. The lowest BCUT2D eigenvalue weighted by atomic mass is 10.1. The van der Waals surface area contributed by atoms with E-state index in [2.05, 4.69) is 26.5 Å². The molecule has 0 aliphatic heterocycles. The molecule has 0 spiro atoms. The minimum absolute atomic E-state index is 0.0149. The van der Waals surface area contributed by atoms with Gasteiger partial charge in [0.25, 0.3) is 11.6 Å². The molecule has 0 bridgehead atoms. The van der Waals surface area contributed by atoms with Crippen molar-refractivity contribution in [3.05, 3.63) is 73.7 Å². The number of benzene rings is 2. The van der Waals surface area contributed by atoms with E-state index in [0.717, 1.165) is 0 Å². The zero-order chi connectivity index (χ0) is 16.1. The van der Waals surface area contributed by atoms with Crippen molar-refractivity contribution in [1.82, 2.24) is 5.43 Å². The Balaban J connectivity index is 2.10. The highest BCUT2D eigenvalue weighted by atomic mass is 79.9. The Morgan fingerprint density at radius 3 is 2.73 bits per heavy atom. The topological polar surface area (TPSA) is 84.6 Å². The van der Waals surface area contributed by atoms with E-state index in [1.165, 1.54) is 12.3 Å². The standard InChI is InChI=1S/C15H12BrN3O3/c1-10-6-7-11(8-14(10)19(21)22)9-17-18-15(20)12-4-2-3-5-13(12)16/h2-9H,1H3,(H,18,20)/b17-9-. The summed E-state index contributed by atoms with van der Waals surface area (Å²) in [7, 11) is 0. The molecule has 2 aromatic rings. The number of nitro benzene ring substituents is 1. The van der Waals surface area contributed by atoms with Gasteiger partial charge in [0.15, 0.2) is 0 Å². The second-order valence-corrected chi connectivity index (χ2v) is 5.34. The third-order valence-corrected chi connectivity index (χ3v) is 3.62. The number of halogens is 1. The van der Waals surface area contributed by atoms with Crippen molar-refractivity contribution in [2.75, 3.05) is 0 Å². The third kappa shape index (κ3) is 3.76. The number of nitrogens with zero attached hydrogens (tertiary/aromatic N) is 2. The molecule has 2 rings (SSSR count). The molecule has 6 nitrogen and oxygen atoms in total. The third-order valence-electron chi connectivity index (χ3n) is 2.93. The van der Waals surface area contributed by atoms with Crippen LogP contribution in [0.1, 0.15) is 21.5 Å². The normalized spacial score (nSPS) is 10.6. The molecule has 0 unspecified atom stereocenters. The summed E-state index contributed by atoms with van der Waals surface area (Å²) < 4.78 is 0.661. The first-order chi connectivity index (χ1) is 10.5. The lowest BCUT2D eigenvalue weighted by Gasteiger charge is -2.02. The zero-order valence-electron chi connectivity index (χ0n) is 11.6. The van der Waals surface area contributed by atoms with Gasteiger partial charge in [-0.3, -0.25) is 14.9 Å². The summed E-state index contributed by atoms with van der Waals surface area (Å²) in [4.78, 5) is 22.3. The van der Waals surface area contributed by atoms with Gasteiger partial charge in [0.1, 0.15) is 0 Å². The van der Waals surface area contributed by atoms with Gasteiger partial charge in [-0.2, -0.15) is 5.10 Å². The van der Waals surface area contributed by atoms with E-state index < -0.39 is 4.92 Å². The van der Waals surface area contributed by atoms with Crippen molar-refractivity contribution in [1.29, 1.82) is 0 Å². The van der Waals surface area contributed by atoms with Crippen molar-refractivity contribution in [3.8, 4) is 0 Å². The summed E-state index contributed by atoms with van der Waals surface area (Å²) in [5.41, 5.74) is 3.95. The molecule has 0 aliphatic carbocycles. The van der Waals surface area contributed by atoms with Crippen LogP contribution in [0.15, 0.2) is 52.0 Å². The number of hydrogen-bond acceptors (Lipinski definition) is 4. The molecule has 1 amide bonds.